The molecule has 0 unspecified atom stereocenters. The van der Waals surface area contributed by atoms with Crippen LogP contribution in [0.5, 0.6) is 5.75 Å². The van der Waals surface area contributed by atoms with Gasteiger partial charge in [-0.2, -0.15) is 13.2 Å². The molecule has 0 spiro atoms. The highest BCUT2D eigenvalue weighted by atomic mass is 19.4. The van der Waals surface area contributed by atoms with Crippen LogP contribution in [0.3, 0.4) is 0 Å². The van der Waals surface area contributed by atoms with Crippen LogP contribution >= 0.6 is 0 Å². The number of pyridine rings is 1. The van der Waals surface area contributed by atoms with Crippen LogP contribution in [0.4, 0.5) is 19.0 Å². The fraction of sp³-hybridized carbons (Fsp3) is 0.381. The van der Waals surface area contributed by atoms with Crippen LogP contribution in [0.25, 0.3) is 22.0 Å². The van der Waals surface area contributed by atoms with Gasteiger partial charge in [0.1, 0.15) is 11.4 Å². The Bertz CT molecular complexity index is 1090. The van der Waals surface area contributed by atoms with E-state index in [1.54, 1.807) is 18.5 Å². The highest BCUT2D eigenvalue weighted by molar-refractivity contribution is 6.00. The van der Waals surface area contributed by atoms with E-state index >= 15 is 0 Å². The monoisotopic (exact) mass is 434 g/mol. The lowest BCUT2D eigenvalue weighted by Gasteiger charge is -2.32. The summed E-state index contributed by atoms with van der Waals surface area (Å²) in [4.78, 5) is 4.14. The van der Waals surface area contributed by atoms with Crippen LogP contribution in [0.15, 0.2) is 36.7 Å². The van der Waals surface area contributed by atoms with Crippen molar-refractivity contribution in [3.05, 3.63) is 42.2 Å². The van der Waals surface area contributed by atoms with Crippen LogP contribution in [0, 0.1) is 0 Å². The molecule has 1 aliphatic rings. The molecule has 7 nitrogen and oxygen atoms in total. The van der Waals surface area contributed by atoms with Crippen LogP contribution in [-0.2, 0) is 10.9 Å². The predicted molar refractivity (Wildman–Crippen MR) is 108 cm³/mol. The van der Waals surface area contributed by atoms with E-state index in [0.717, 1.165) is 12.1 Å². The maximum Gasteiger partial charge on any atom is 0.416 e. The van der Waals surface area contributed by atoms with Gasteiger partial charge in [0.05, 0.1) is 18.3 Å². The van der Waals surface area contributed by atoms with Gasteiger partial charge >= 0.3 is 6.18 Å². The molecule has 2 aromatic heterocycles. The molecule has 0 atom stereocenters. The zero-order chi connectivity index (χ0) is 22.1. The van der Waals surface area contributed by atoms with Crippen molar-refractivity contribution in [2.75, 3.05) is 32.2 Å². The molecule has 3 heterocycles. The second-order valence-electron chi connectivity index (χ2n) is 7.42. The lowest BCUT2D eigenvalue weighted by Crippen LogP contribution is -2.42. The van der Waals surface area contributed by atoms with E-state index in [1.807, 2.05) is 0 Å². The summed E-state index contributed by atoms with van der Waals surface area (Å²) in [7, 11) is 1.31. The number of hydrogen-bond acceptors (Lipinski definition) is 7. The molecule has 31 heavy (non-hydrogen) atoms. The number of benzene rings is 1. The molecule has 2 N–H and O–H groups in total. The number of nitrogens with zero attached hydrogens (tertiary/aromatic N) is 3. The Morgan fingerprint density at radius 1 is 1.16 bits per heavy atom. The second-order valence-corrected chi connectivity index (χ2v) is 7.42. The molecule has 164 valence electrons. The molecule has 0 amide bonds. The smallest absolute Gasteiger partial charge is 0.416 e. The van der Waals surface area contributed by atoms with Gasteiger partial charge in [-0.05, 0) is 24.3 Å². The van der Waals surface area contributed by atoms with E-state index < -0.39 is 17.3 Å². The Kier molecular flexibility index (Phi) is 5.67. The number of anilines is 1. The van der Waals surface area contributed by atoms with E-state index in [2.05, 4.69) is 20.5 Å². The number of aromatic nitrogens is 3. The molecule has 0 radical (unpaired) electrons. The molecule has 10 heteroatoms. The summed E-state index contributed by atoms with van der Waals surface area (Å²) in [6, 6.07) is 4.96. The third-order valence-corrected chi connectivity index (χ3v) is 5.37. The first-order valence-electron chi connectivity index (χ1n) is 9.71. The van der Waals surface area contributed by atoms with Crippen molar-refractivity contribution in [1.29, 1.82) is 0 Å². The number of nitrogens with one attached hydrogen (secondary N) is 1. The van der Waals surface area contributed by atoms with Crippen molar-refractivity contribution in [3.8, 4) is 17.0 Å². The number of fused-ring (bicyclic) bond motifs is 1. The summed E-state index contributed by atoms with van der Waals surface area (Å²) in [6.45, 7) is 1.23. The molecule has 1 aromatic carbocycles. The van der Waals surface area contributed by atoms with Crippen molar-refractivity contribution >= 4 is 16.6 Å². The van der Waals surface area contributed by atoms with Gasteiger partial charge in [0, 0.05) is 61.3 Å². The zero-order valence-corrected chi connectivity index (χ0v) is 16.7. The van der Waals surface area contributed by atoms with Crippen LogP contribution in [0.1, 0.15) is 18.4 Å². The molecule has 3 aromatic rings. The first kappa shape index (κ1) is 21.3. The Labute approximate surface area is 176 Å². The summed E-state index contributed by atoms with van der Waals surface area (Å²) in [5.41, 5.74) is -0.966. The van der Waals surface area contributed by atoms with Crippen molar-refractivity contribution < 1.29 is 27.8 Å². The Balaban J connectivity index is 1.72. The summed E-state index contributed by atoms with van der Waals surface area (Å²) in [5.74, 6) is 0.470. The first-order valence-corrected chi connectivity index (χ1v) is 9.71. The SMILES string of the molecule is COc1cc(C(F)(F)F)ccc1-c1nnc(NCC2(O)CCOCC2)c2cnccc12. The number of rotatable bonds is 5. The van der Waals surface area contributed by atoms with Crippen molar-refractivity contribution in [1.82, 2.24) is 15.2 Å². The number of alkyl halides is 3. The lowest BCUT2D eigenvalue weighted by molar-refractivity contribution is -0.137. The van der Waals surface area contributed by atoms with Gasteiger partial charge in [-0.1, -0.05) is 0 Å². The van der Waals surface area contributed by atoms with Gasteiger partial charge < -0.3 is 19.9 Å². The average Bonchev–Trinajstić information content (AvgIpc) is 2.77. The maximum atomic E-state index is 13.1. The van der Waals surface area contributed by atoms with Crippen LogP contribution in [0.2, 0.25) is 0 Å². The standard InChI is InChI=1S/C21H21F3N4O3/c1-30-17-10-13(21(22,23)24)2-3-15(17)18-14-4-7-25-11-16(14)19(28-27-18)26-12-20(29)5-8-31-9-6-20/h2-4,7,10-11,29H,5-6,8-9,12H2,1H3,(H,26,28). The Morgan fingerprint density at radius 2 is 1.94 bits per heavy atom. The number of halogens is 3. The normalized spacial score (nSPS) is 16.3. The van der Waals surface area contributed by atoms with Crippen molar-refractivity contribution in [3.63, 3.8) is 0 Å². The van der Waals surface area contributed by atoms with E-state index in [-0.39, 0.29) is 12.3 Å². The zero-order valence-electron chi connectivity index (χ0n) is 16.7. The van der Waals surface area contributed by atoms with Gasteiger partial charge in [0.15, 0.2) is 5.82 Å². The number of methoxy groups -OCH3 is 1. The molecule has 1 saturated heterocycles. The minimum Gasteiger partial charge on any atom is -0.496 e. The largest absolute Gasteiger partial charge is 0.496 e. The van der Waals surface area contributed by atoms with E-state index in [0.29, 0.717) is 53.9 Å². The average molecular weight is 434 g/mol. The molecule has 1 aliphatic heterocycles. The molecule has 0 saturated carbocycles. The molecule has 0 aliphatic carbocycles. The van der Waals surface area contributed by atoms with Gasteiger partial charge in [-0.15, -0.1) is 10.2 Å². The van der Waals surface area contributed by atoms with E-state index in [9.17, 15) is 18.3 Å². The third kappa shape index (κ3) is 4.40. The van der Waals surface area contributed by atoms with Crippen LogP contribution < -0.4 is 10.1 Å². The summed E-state index contributed by atoms with van der Waals surface area (Å²) >= 11 is 0. The fourth-order valence-electron chi connectivity index (χ4n) is 3.57. The minimum absolute atomic E-state index is 0.0412. The third-order valence-electron chi connectivity index (χ3n) is 5.37. The molecule has 4 rings (SSSR count). The van der Waals surface area contributed by atoms with Crippen LogP contribution in [-0.4, -0.2) is 52.8 Å². The number of aliphatic hydroxyl groups is 1. The summed E-state index contributed by atoms with van der Waals surface area (Å²) < 4.78 is 49.8. The highest BCUT2D eigenvalue weighted by Gasteiger charge is 2.32. The molecular weight excluding hydrogens is 413 g/mol. The van der Waals surface area contributed by atoms with Gasteiger partial charge in [-0.3, -0.25) is 4.98 Å². The Morgan fingerprint density at radius 3 is 2.65 bits per heavy atom. The first-order chi connectivity index (χ1) is 14.8. The molecule has 0 bridgehead atoms. The summed E-state index contributed by atoms with van der Waals surface area (Å²) in [6.07, 6.45) is -0.309. The topological polar surface area (TPSA) is 89.4 Å². The molecule has 1 fully saturated rings. The lowest BCUT2D eigenvalue weighted by atomic mass is 9.94. The quantitative estimate of drug-likeness (QED) is 0.633. The van der Waals surface area contributed by atoms with E-state index in [4.69, 9.17) is 9.47 Å². The van der Waals surface area contributed by atoms with Crippen molar-refractivity contribution in [2.45, 2.75) is 24.6 Å². The summed E-state index contributed by atoms with van der Waals surface area (Å²) in [5, 5.41) is 23.6. The minimum atomic E-state index is -4.48. The van der Waals surface area contributed by atoms with Gasteiger partial charge in [0.25, 0.3) is 0 Å². The number of hydrogen-bond donors (Lipinski definition) is 2. The van der Waals surface area contributed by atoms with Gasteiger partial charge in [0.2, 0.25) is 0 Å². The fourth-order valence-corrected chi connectivity index (χ4v) is 3.57. The van der Waals surface area contributed by atoms with E-state index in [1.165, 1.54) is 13.2 Å². The predicted octanol–water partition coefficient (Wildman–Crippen LogP) is 3.67. The Hall–Kier alpha value is -2.98. The number of ether oxygens (including phenoxy) is 2. The molecular formula is C21H21F3N4O3. The van der Waals surface area contributed by atoms with Gasteiger partial charge in [-0.25, -0.2) is 0 Å². The van der Waals surface area contributed by atoms with Crippen molar-refractivity contribution in [2.24, 2.45) is 0 Å². The highest BCUT2D eigenvalue weighted by Crippen LogP contribution is 2.39. The maximum absolute atomic E-state index is 13.1. The second kappa shape index (κ2) is 8.27.